The molecule has 1 aliphatic heterocycles. The van der Waals surface area contributed by atoms with Gasteiger partial charge in [-0.3, -0.25) is 4.90 Å². The first-order chi connectivity index (χ1) is 12.1. The monoisotopic (exact) mass is 333 g/mol. The molecule has 0 unspecified atom stereocenters. The summed E-state index contributed by atoms with van der Waals surface area (Å²) >= 11 is 0. The predicted molar refractivity (Wildman–Crippen MR) is 106 cm³/mol. The first-order valence-corrected chi connectivity index (χ1v) is 9.89. The third kappa shape index (κ3) is 3.27. The fourth-order valence-electron chi connectivity index (χ4n) is 5.15. The molecular weight excluding hydrogens is 302 g/mol. The topological polar surface area (TPSA) is 3.24 Å². The van der Waals surface area contributed by atoms with E-state index in [1.54, 1.807) is 16.7 Å². The van der Waals surface area contributed by atoms with Crippen molar-refractivity contribution in [2.24, 2.45) is 17.3 Å². The Morgan fingerprint density at radius 1 is 1.28 bits per heavy atom. The molecule has 0 aromatic heterocycles. The Bertz CT molecular complexity index is 707. The van der Waals surface area contributed by atoms with Gasteiger partial charge in [-0.2, -0.15) is 0 Å². The van der Waals surface area contributed by atoms with Gasteiger partial charge in [-0.05, 0) is 60.6 Å². The van der Waals surface area contributed by atoms with Gasteiger partial charge in [0.1, 0.15) is 0 Å². The number of likely N-dealkylation sites (tertiary alicyclic amines) is 1. The van der Waals surface area contributed by atoms with Crippen molar-refractivity contribution in [1.29, 1.82) is 0 Å². The van der Waals surface area contributed by atoms with E-state index in [0.29, 0.717) is 11.3 Å². The SMILES string of the molecule is C=C/C=C1\C(=C(/C)C2CC2)CC[C@@]2(C)CN(Cc3ccccc3)C[C@@H]12. The number of nitrogens with zero attached hydrogens (tertiary/aromatic N) is 1. The Hall–Kier alpha value is -1.60. The van der Waals surface area contributed by atoms with Gasteiger partial charge in [0.05, 0.1) is 0 Å². The van der Waals surface area contributed by atoms with Crippen LogP contribution in [0.15, 0.2) is 65.8 Å². The van der Waals surface area contributed by atoms with E-state index in [1.807, 2.05) is 6.08 Å². The number of hydrogen-bond acceptors (Lipinski definition) is 1. The minimum atomic E-state index is 0.414. The lowest BCUT2D eigenvalue weighted by Crippen LogP contribution is -2.33. The molecule has 1 aromatic rings. The summed E-state index contributed by atoms with van der Waals surface area (Å²) in [6.07, 6.45) is 9.74. The van der Waals surface area contributed by atoms with Crippen molar-refractivity contribution < 1.29 is 0 Å². The molecule has 132 valence electrons. The second-order valence-electron chi connectivity index (χ2n) is 8.66. The maximum Gasteiger partial charge on any atom is 0.0234 e. The molecule has 3 aliphatic rings. The van der Waals surface area contributed by atoms with Crippen molar-refractivity contribution in [2.45, 2.75) is 46.1 Å². The molecule has 1 nitrogen and oxygen atoms in total. The van der Waals surface area contributed by atoms with Gasteiger partial charge in [0, 0.05) is 25.6 Å². The van der Waals surface area contributed by atoms with E-state index in [1.165, 1.54) is 44.3 Å². The van der Waals surface area contributed by atoms with Gasteiger partial charge >= 0.3 is 0 Å². The van der Waals surface area contributed by atoms with E-state index < -0.39 is 0 Å². The summed E-state index contributed by atoms with van der Waals surface area (Å²) in [4.78, 5) is 2.67. The van der Waals surface area contributed by atoms with Gasteiger partial charge in [-0.1, -0.05) is 61.6 Å². The average molecular weight is 334 g/mol. The lowest BCUT2D eigenvalue weighted by atomic mass is 9.64. The first kappa shape index (κ1) is 16.8. The number of fused-ring (bicyclic) bond motifs is 1. The molecule has 0 bridgehead atoms. The summed E-state index contributed by atoms with van der Waals surface area (Å²) in [7, 11) is 0. The maximum atomic E-state index is 4.02. The minimum absolute atomic E-state index is 0.414. The zero-order valence-electron chi connectivity index (χ0n) is 15.8. The summed E-state index contributed by atoms with van der Waals surface area (Å²) in [5, 5.41) is 0. The van der Waals surface area contributed by atoms with Gasteiger partial charge in [0.15, 0.2) is 0 Å². The van der Waals surface area contributed by atoms with Crippen LogP contribution in [0.25, 0.3) is 0 Å². The van der Waals surface area contributed by atoms with E-state index in [0.717, 1.165) is 12.5 Å². The lowest BCUT2D eigenvalue weighted by molar-refractivity contribution is 0.225. The van der Waals surface area contributed by atoms with Crippen LogP contribution in [-0.4, -0.2) is 18.0 Å². The molecule has 25 heavy (non-hydrogen) atoms. The fraction of sp³-hybridized carbons (Fsp3) is 0.500. The van der Waals surface area contributed by atoms with Crippen LogP contribution < -0.4 is 0 Å². The number of benzene rings is 1. The van der Waals surface area contributed by atoms with E-state index in [2.05, 4.69) is 61.7 Å². The van der Waals surface area contributed by atoms with Crippen molar-refractivity contribution in [3.63, 3.8) is 0 Å². The molecule has 1 heterocycles. The molecule has 0 N–H and O–H groups in total. The third-order valence-electron chi connectivity index (χ3n) is 6.75. The largest absolute Gasteiger partial charge is 0.298 e. The Balaban J connectivity index is 1.60. The molecular formula is C24H31N. The van der Waals surface area contributed by atoms with Crippen LogP contribution >= 0.6 is 0 Å². The zero-order chi connectivity index (χ0) is 17.4. The van der Waals surface area contributed by atoms with E-state index in [9.17, 15) is 0 Å². The Morgan fingerprint density at radius 3 is 2.72 bits per heavy atom. The van der Waals surface area contributed by atoms with Crippen LogP contribution in [0.3, 0.4) is 0 Å². The van der Waals surface area contributed by atoms with E-state index >= 15 is 0 Å². The summed E-state index contributed by atoms with van der Waals surface area (Å²) < 4.78 is 0. The number of allylic oxidation sites excluding steroid dienone is 4. The molecule has 1 heteroatoms. The van der Waals surface area contributed by atoms with Crippen LogP contribution in [0.1, 0.15) is 45.1 Å². The van der Waals surface area contributed by atoms with Crippen molar-refractivity contribution in [3.8, 4) is 0 Å². The predicted octanol–water partition coefficient (Wildman–Crippen LogP) is 5.76. The smallest absolute Gasteiger partial charge is 0.0234 e. The van der Waals surface area contributed by atoms with Crippen molar-refractivity contribution >= 4 is 0 Å². The number of hydrogen-bond donors (Lipinski definition) is 0. The van der Waals surface area contributed by atoms with Crippen LogP contribution in [-0.2, 0) is 6.54 Å². The normalized spacial score (nSPS) is 33.4. The summed E-state index contributed by atoms with van der Waals surface area (Å²) in [6, 6.07) is 10.9. The van der Waals surface area contributed by atoms with Crippen LogP contribution in [0.2, 0.25) is 0 Å². The second kappa shape index (κ2) is 6.61. The van der Waals surface area contributed by atoms with Crippen LogP contribution in [0.5, 0.6) is 0 Å². The molecule has 0 amide bonds. The van der Waals surface area contributed by atoms with Crippen molar-refractivity contribution in [3.05, 3.63) is 71.3 Å². The van der Waals surface area contributed by atoms with E-state index in [4.69, 9.17) is 0 Å². The second-order valence-corrected chi connectivity index (χ2v) is 8.66. The molecule has 0 radical (unpaired) electrons. The van der Waals surface area contributed by atoms with Gasteiger partial charge < -0.3 is 0 Å². The molecule has 1 aromatic carbocycles. The highest BCUT2D eigenvalue weighted by Crippen LogP contribution is 2.53. The first-order valence-electron chi connectivity index (χ1n) is 9.89. The molecule has 2 atom stereocenters. The van der Waals surface area contributed by atoms with Gasteiger partial charge in [0.2, 0.25) is 0 Å². The van der Waals surface area contributed by atoms with Crippen molar-refractivity contribution in [2.75, 3.05) is 13.1 Å². The van der Waals surface area contributed by atoms with Crippen LogP contribution in [0.4, 0.5) is 0 Å². The minimum Gasteiger partial charge on any atom is -0.298 e. The Morgan fingerprint density at radius 2 is 2.04 bits per heavy atom. The molecule has 2 saturated carbocycles. The molecule has 2 aliphatic carbocycles. The van der Waals surface area contributed by atoms with Gasteiger partial charge in [-0.25, -0.2) is 0 Å². The highest BCUT2D eigenvalue weighted by atomic mass is 15.2. The van der Waals surface area contributed by atoms with Crippen molar-refractivity contribution in [1.82, 2.24) is 4.90 Å². The number of rotatable bonds is 4. The van der Waals surface area contributed by atoms with Gasteiger partial charge in [0.25, 0.3) is 0 Å². The van der Waals surface area contributed by atoms with Gasteiger partial charge in [-0.15, -0.1) is 0 Å². The fourth-order valence-corrected chi connectivity index (χ4v) is 5.15. The third-order valence-corrected chi connectivity index (χ3v) is 6.75. The summed E-state index contributed by atoms with van der Waals surface area (Å²) in [5.74, 6) is 1.53. The highest BCUT2D eigenvalue weighted by Gasteiger charge is 2.48. The lowest BCUT2D eigenvalue weighted by Gasteiger charge is -2.39. The molecule has 1 saturated heterocycles. The molecule has 0 spiro atoms. The zero-order valence-corrected chi connectivity index (χ0v) is 15.8. The molecule has 4 rings (SSSR count). The summed E-state index contributed by atoms with van der Waals surface area (Å²) in [5.41, 5.74) is 6.80. The van der Waals surface area contributed by atoms with Crippen LogP contribution in [0, 0.1) is 17.3 Å². The average Bonchev–Trinajstić information content (AvgIpc) is 3.39. The van der Waals surface area contributed by atoms with E-state index in [-0.39, 0.29) is 0 Å². The summed E-state index contributed by atoms with van der Waals surface area (Å²) in [6.45, 7) is 12.4. The molecule has 3 fully saturated rings. The maximum absolute atomic E-state index is 4.02. The standard InChI is InChI=1S/C24H31N/c1-4-8-22-21(18(2)20-11-12-20)13-14-24(3)17-25(16-23(22)24)15-19-9-6-5-7-10-19/h4-10,20,23H,1,11-17H2,2-3H3/b21-18+,22-8+/t23-,24-/m0/s1. The Labute approximate surface area is 153 Å². The highest BCUT2D eigenvalue weighted by molar-refractivity contribution is 5.44. The Kier molecular flexibility index (Phi) is 4.45. The quantitative estimate of drug-likeness (QED) is 0.677.